The summed E-state index contributed by atoms with van der Waals surface area (Å²) in [7, 11) is 1.61. The molecule has 0 fully saturated rings. The van der Waals surface area contributed by atoms with Gasteiger partial charge in [-0.2, -0.15) is 13.2 Å². The van der Waals surface area contributed by atoms with Crippen molar-refractivity contribution in [3.63, 3.8) is 0 Å². The molecule has 1 rings (SSSR count). The first-order valence-corrected chi connectivity index (χ1v) is 5.86. The molecule has 1 aromatic carbocycles. The first-order valence-electron chi connectivity index (χ1n) is 5.11. The van der Waals surface area contributed by atoms with E-state index in [0.29, 0.717) is 15.6 Å². The minimum Gasteiger partial charge on any atom is -0.370 e. The van der Waals surface area contributed by atoms with Gasteiger partial charge in [0.05, 0.1) is 22.7 Å². The number of nitrogens with one attached hydrogen (secondary N) is 1. The Balaban J connectivity index is 2.69. The average Bonchev–Trinajstić information content (AvgIpc) is 2.27. The third kappa shape index (κ3) is 4.65. The molecule has 0 heterocycles. The van der Waals surface area contributed by atoms with Gasteiger partial charge in [0, 0.05) is 0 Å². The quantitative estimate of drug-likeness (QED) is 0.892. The molecule has 18 heavy (non-hydrogen) atoms. The highest BCUT2D eigenvalue weighted by Crippen LogP contribution is 2.30. The van der Waals surface area contributed by atoms with Gasteiger partial charge in [0.1, 0.15) is 6.61 Å². The zero-order valence-electron chi connectivity index (χ0n) is 9.52. The standard InChI is InChI=1S/C11H12Cl2F3NO/c1-17-9(5-18-6-11(14,15)16)7-3-2-4-8(12)10(7)13/h2-4,9,17H,5-6H2,1H3. The van der Waals surface area contributed by atoms with Crippen molar-refractivity contribution in [3.05, 3.63) is 33.8 Å². The molecule has 0 radical (unpaired) electrons. The second-order valence-corrected chi connectivity index (χ2v) is 4.40. The monoisotopic (exact) mass is 301 g/mol. The zero-order chi connectivity index (χ0) is 13.8. The van der Waals surface area contributed by atoms with Crippen LogP contribution in [0.3, 0.4) is 0 Å². The lowest BCUT2D eigenvalue weighted by Crippen LogP contribution is -2.25. The summed E-state index contributed by atoms with van der Waals surface area (Å²) in [6.45, 7) is -1.43. The molecule has 1 N–H and O–H groups in total. The fourth-order valence-corrected chi connectivity index (χ4v) is 1.85. The van der Waals surface area contributed by atoms with Crippen molar-refractivity contribution in [1.29, 1.82) is 0 Å². The lowest BCUT2D eigenvalue weighted by Gasteiger charge is -2.19. The lowest BCUT2D eigenvalue weighted by molar-refractivity contribution is -0.175. The topological polar surface area (TPSA) is 21.3 Å². The van der Waals surface area contributed by atoms with Crippen LogP contribution in [0.15, 0.2) is 18.2 Å². The van der Waals surface area contributed by atoms with Crippen LogP contribution in [0, 0.1) is 0 Å². The van der Waals surface area contributed by atoms with Gasteiger partial charge in [-0.05, 0) is 18.7 Å². The summed E-state index contributed by atoms with van der Waals surface area (Å²) < 4.78 is 40.5. The van der Waals surface area contributed by atoms with E-state index in [-0.39, 0.29) is 6.61 Å². The molecule has 0 aliphatic rings. The van der Waals surface area contributed by atoms with Gasteiger partial charge in [0.2, 0.25) is 0 Å². The highest BCUT2D eigenvalue weighted by molar-refractivity contribution is 6.42. The van der Waals surface area contributed by atoms with Gasteiger partial charge in [-0.3, -0.25) is 0 Å². The van der Waals surface area contributed by atoms with Crippen LogP contribution in [-0.2, 0) is 4.74 Å². The number of rotatable bonds is 5. The van der Waals surface area contributed by atoms with Crippen LogP contribution in [-0.4, -0.2) is 26.4 Å². The van der Waals surface area contributed by atoms with Gasteiger partial charge in [-0.25, -0.2) is 0 Å². The minimum atomic E-state index is -4.34. The summed E-state index contributed by atoms with van der Waals surface area (Å²) in [5.41, 5.74) is 0.605. The SMILES string of the molecule is CNC(COCC(F)(F)F)c1cccc(Cl)c1Cl. The van der Waals surface area contributed by atoms with Gasteiger partial charge in [-0.15, -0.1) is 0 Å². The second-order valence-electron chi connectivity index (χ2n) is 3.61. The first-order chi connectivity index (χ1) is 8.35. The molecule has 0 spiro atoms. The Kier molecular flexibility index (Phi) is 5.72. The van der Waals surface area contributed by atoms with Crippen LogP contribution in [0.5, 0.6) is 0 Å². The molecule has 7 heteroatoms. The Morgan fingerprint density at radius 1 is 1.33 bits per heavy atom. The van der Waals surface area contributed by atoms with Crippen molar-refractivity contribution >= 4 is 23.2 Å². The summed E-state index contributed by atoms with van der Waals surface area (Å²) in [6.07, 6.45) is -4.34. The average molecular weight is 302 g/mol. The molecule has 0 saturated heterocycles. The predicted octanol–water partition coefficient (Wildman–Crippen LogP) is 3.83. The first kappa shape index (κ1) is 15.6. The lowest BCUT2D eigenvalue weighted by atomic mass is 10.1. The van der Waals surface area contributed by atoms with E-state index in [1.54, 1.807) is 25.2 Å². The Morgan fingerprint density at radius 2 is 2.00 bits per heavy atom. The fourth-order valence-electron chi connectivity index (χ4n) is 1.41. The summed E-state index contributed by atoms with van der Waals surface area (Å²) in [6, 6.07) is 4.53. The molecule has 0 bridgehead atoms. The summed E-state index contributed by atoms with van der Waals surface area (Å²) in [5, 5.41) is 3.50. The second kappa shape index (κ2) is 6.61. The molecular weight excluding hydrogens is 290 g/mol. The van der Waals surface area contributed by atoms with Crippen molar-refractivity contribution in [3.8, 4) is 0 Å². The minimum absolute atomic E-state index is 0.143. The van der Waals surface area contributed by atoms with E-state index < -0.39 is 18.8 Å². The molecule has 0 amide bonds. The van der Waals surface area contributed by atoms with Crippen LogP contribution in [0.25, 0.3) is 0 Å². The Morgan fingerprint density at radius 3 is 2.56 bits per heavy atom. The summed E-state index contributed by atoms with van der Waals surface area (Å²) >= 11 is 11.8. The van der Waals surface area contributed by atoms with Crippen LogP contribution in [0.2, 0.25) is 10.0 Å². The van der Waals surface area contributed by atoms with E-state index in [9.17, 15) is 13.2 Å². The molecule has 0 saturated carbocycles. The molecule has 0 aliphatic carbocycles. The maximum absolute atomic E-state index is 12.0. The molecule has 2 nitrogen and oxygen atoms in total. The molecular formula is C11H12Cl2F3NO. The van der Waals surface area contributed by atoms with Crippen molar-refractivity contribution in [2.45, 2.75) is 12.2 Å². The van der Waals surface area contributed by atoms with Crippen molar-refractivity contribution in [1.82, 2.24) is 5.32 Å². The fraction of sp³-hybridized carbons (Fsp3) is 0.455. The van der Waals surface area contributed by atoms with E-state index >= 15 is 0 Å². The molecule has 102 valence electrons. The van der Waals surface area contributed by atoms with Crippen LogP contribution in [0.1, 0.15) is 11.6 Å². The van der Waals surface area contributed by atoms with Gasteiger partial charge < -0.3 is 10.1 Å². The molecule has 1 atom stereocenters. The van der Waals surface area contributed by atoms with Gasteiger partial charge in [-0.1, -0.05) is 35.3 Å². The third-order valence-electron chi connectivity index (χ3n) is 2.26. The van der Waals surface area contributed by atoms with Gasteiger partial charge >= 0.3 is 6.18 Å². The van der Waals surface area contributed by atoms with E-state index in [0.717, 1.165) is 0 Å². The number of hydrogen-bond donors (Lipinski definition) is 1. The van der Waals surface area contributed by atoms with E-state index in [4.69, 9.17) is 23.2 Å². The number of benzene rings is 1. The molecule has 0 aromatic heterocycles. The maximum atomic E-state index is 12.0. The number of ether oxygens (including phenoxy) is 1. The van der Waals surface area contributed by atoms with Crippen molar-refractivity contribution < 1.29 is 17.9 Å². The number of halogens is 5. The zero-order valence-corrected chi connectivity index (χ0v) is 11.0. The molecule has 1 unspecified atom stereocenters. The van der Waals surface area contributed by atoms with Gasteiger partial charge in [0.25, 0.3) is 0 Å². The Hall–Kier alpha value is -0.490. The van der Waals surface area contributed by atoms with Crippen molar-refractivity contribution in [2.75, 3.05) is 20.3 Å². The Bertz CT molecular complexity index is 398. The van der Waals surface area contributed by atoms with E-state index in [1.165, 1.54) is 0 Å². The number of likely N-dealkylation sites (N-methyl/N-ethyl adjacent to an activating group) is 1. The number of hydrogen-bond acceptors (Lipinski definition) is 2. The highest BCUT2D eigenvalue weighted by atomic mass is 35.5. The predicted molar refractivity (Wildman–Crippen MR) is 65.1 cm³/mol. The van der Waals surface area contributed by atoms with E-state index in [2.05, 4.69) is 10.1 Å². The summed E-state index contributed by atoms with van der Waals surface area (Å²) in [4.78, 5) is 0. The Labute approximate surface area is 113 Å². The summed E-state index contributed by atoms with van der Waals surface area (Å²) in [5.74, 6) is 0. The highest BCUT2D eigenvalue weighted by Gasteiger charge is 2.28. The number of alkyl halides is 3. The maximum Gasteiger partial charge on any atom is 0.411 e. The van der Waals surface area contributed by atoms with Gasteiger partial charge in [0.15, 0.2) is 0 Å². The third-order valence-corrected chi connectivity index (χ3v) is 3.09. The largest absolute Gasteiger partial charge is 0.411 e. The normalized spacial score (nSPS) is 13.7. The van der Waals surface area contributed by atoms with Crippen molar-refractivity contribution in [2.24, 2.45) is 0 Å². The smallest absolute Gasteiger partial charge is 0.370 e. The van der Waals surface area contributed by atoms with Crippen LogP contribution >= 0.6 is 23.2 Å². The van der Waals surface area contributed by atoms with E-state index in [1.807, 2.05) is 0 Å². The molecule has 0 aliphatic heterocycles. The van der Waals surface area contributed by atoms with Crippen LogP contribution < -0.4 is 5.32 Å². The molecule has 1 aromatic rings. The van der Waals surface area contributed by atoms with Crippen LogP contribution in [0.4, 0.5) is 13.2 Å².